The Labute approximate surface area is 122 Å². The van der Waals surface area contributed by atoms with E-state index in [0.717, 1.165) is 0 Å². The predicted octanol–water partition coefficient (Wildman–Crippen LogP) is 0.108. The molecule has 0 saturated carbocycles. The summed E-state index contributed by atoms with van der Waals surface area (Å²) >= 11 is 0. The quantitative estimate of drug-likeness (QED) is 0.823. The standard InChI is InChI=1S/C14H19N3O4/c1-7-5-17(6-11(7)13(19)20)12(18)4-10-8(2)15-14(21)16-9(10)3/h7,11H,4-6H2,1-3H3,(H,19,20)(H,15,16,21)/t7-,11-/m1/s1. The van der Waals surface area contributed by atoms with E-state index in [0.29, 0.717) is 23.5 Å². The van der Waals surface area contributed by atoms with Gasteiger partial charge in [0.2, 0.25) is 5.91 Å². The number of likely N-dealkylation sites (tertiary alicyclic amines) is 1. The molecule has 0 spiro atoms. The first-order valence-corrected chi connectivity index (χ1v) is 6.86. The van der Waals surface area contributed by atoms with Crippen molar-refractivity contribution in [2.45, 2.75) is 27.2 Å². The summed E-state index contributed by atoms with van der Waals surface area (Å²) in [5, 5.41) is 9.10. The van der Waals surface area contributed by atoms with E-state index in [4.69, 9.17) is 5.11 Å². The van der Waals surface area contributed by atoms with E-state index in [2.05, 4.69) is 9.97 Å². The Kier molecular flexibility index (Phi) is 4.11. The summed E-state index contributed by atoms with van der Waals surface area (Å²) in [6, 6.07) is 0. The monoisotopic (exact) mass is 293 g/mol. The van der Waals surface area contributed by atoms with Crippen molar-refractivity contribution < 1.29 is 14.7 Å². The van der Waals surface area contributed by atoms with Crippen molar-refractivity contribution in [3.05, 3.63) is 27.4 Å². The lowest BCUT2D eigenvalue weighted by Crippen LogP contribution is -2.32. The largest absolute Gasteiger partial charge is 0.481 e. The summed E-state index contributed by atoms with van der Waals surface area (Å²) in [6.45, 7) is 5.95. The Bertz CT molecular complexity index is 611. The molecule has 1 fully saturated rings. The summed E-state index contributed by atoms with van der Waals surface area (Å²) < 4.78 is 0. The van der Waals surface area contributed by atoms with Gasteiger partial charge in [0.1, 0.15) is 0 Å². The smallest absolute Gasteiger partial charge is 0.345 e. The van der Waals surface area contributed by atoms with Gasteiger partial charge in [0.15, 0.2) is 0 Å². The third-order valence-electron chi connectivity index (χ3n) is 4.06. The fourth-order valence-corrected chi connectivity index (χ4v) is 2.77. The number of carboxylic acids is 1. The van der Waals surface area contributed by atoms with Crippen LogP contribution in [0.25, 0.3) is 0 Å². The molecule has 1 aliphatic rings. The summed E-state index contributed by atoms with van der Waals surface area (Å²) in [5.74, 6) is -1.56. The number of carbonyl (C=O) groups is 2. The maximum absolute atomic E-state index is 12.3. The molecule has 1 aromatic heterocycles. The van der Waals surface area contributed by atoms with Crippen molar-refractivity contribution in [1.82, 2.24) is 14.9 Å². The molecule has 21 heavy (non-hydrogen) atoms. The van der Waals surface area contributed by atoms with Gasteiger partial charge in [-0.15, -0.1) is 0 Å². The SMILES string of the molecule is Cc1nc(=O)[nH]c(C)c1CC(=O)N1C[C@@H](C)[C@H](C(=O)O)C1. The lowest BCUT2D eigenvalue weighted by Gasteiger charge is -2.17. The molecule has 2 N–H and O–H groups in total. The van der Waals surface area contributed by atoms with Gasteiger partial charge in [0.05, 0.1) is 12.3 Å². The van der Waals surface area contributed by atoms with Crippen LogP contribution in [-0.2, 0) is 16.0 Å². The van der Waals surface area contributed by atoms with Gasteiger partial charge in [-0.1, -0.05) is 6.92 Å². The van der Waals surface area contributed by atoms with Gasteiger partial charge >= 0.3 is 11.7 Å². The van der Waals surface area contributed by atoms with E-state index in [1.54, 1.807) is 18.7 Å². The minimum Gasteiger partial charge on any atom is -0.481 e. The average molecular weight is 293 g/mol. The Morgan fingerprint density at radius 1 is 1.38 bits per heavy atom. The van der Waals surface area contributed by atoms with Crippen LogP contribution in [0.3, 0.4) is 0 Å². The summed E-state index contributed by atoms with van der Waals surface area (Å²) in [4.78, 5) is 42.6. The van der Waals surface area contributed by atoms with Crippen LogP contribution in [0.15, 0.2) is 4.79 Å². The van der Waals surface area contributed by atoms with Crippen LogP contribution in [0.1, 0.15) is 23.9 Å². The Morgan fingerprint density at radius 3 is 2.57 bits per heavy atom. The van der Waals surface area contributed by atoms with Crippen molar-refractivity contribution in [3.63, 3.8) is 0 Å². The number of nitrogens with zero attached hydrogens (tertiary/aromatic N) is 2. The highest BCUT2D eigenvalue weighted by atomic mass is 16.4. The number of aryl methyl sites for hydroxylation is 2. The first-order chi connectivity index (χ1) is 9.79. The van der Waals surface area contributed by atoms with Gasteiger partial charge in [-0.2, -0.15) is 4.98 Å². The normalized spacial score (nSPS) is 21.6. The number of carbonyl (C=O) groups excluding carboxylic acids is 1. The second kappa shape index (κ2) is 5.67. The fraction of sp³-hybridized carbons (Fsp3) is 0.571. The molecule has 1 aliphatic heterocycles. The molecule has 0 radical (unpaired) electrons. The van der Waals surface area contributed by atoms with Gasteiger partial charge < -0.3 is 15.0 Å². The van der Waals surface area contributed by atoms with Crippen LogP contribution >= 0.6 is 0 Å². The molecule has 2 atom stereocenters. The topological polar surface area (TPSA) is 103 Å². The van der Waals surface area contributed by atoms with Gasteiger partial charge in [-0.05, 0) is 19.8 Å². The van der Waals surface area contributed by atoms with Crippen LogP contribution < -0.4 is 5.69 Å². The molecule has 7 nitrogen and oxygen atoms in total. The number of aromatic nitrogens is 2. The Hall–Kier alpha value is -2.18. The number of carboxylic acid groups (broad SMARTS) is 1. The molecule has 1 saturated heterocycles. The molecule has 0 unspecified atom stereocenters. The highest BCUT2D eigenvalue weighted by molar-refractivity contribution is 5.81. The van der Waals surface area contributed by atoms with E-state index in [-0.39, 0.29) is 24.8 Å². The number of aromatic amines is 1. The molecule has 1 amide bonds. The average Bonchev–Trinajstić information content (AvgIpc) is 2.75. The number of aliphatic carboxylic acids is 1. The first kappa shape index (κ1) is 15.2. The number of rotatable bonds is 3. The molecule has 114 valence electrons. The minimum absolute atomic E-state index is 0.0534. The summed E-state index contributed by atoms with van der Waals surface area (Å²) in [6.07, 6.45) is 0.126. The van der Waals surface area contributed by atoms with Gasteiger partial charge in [-0.3, -0.25) is 9.59 Å². The van der Waals surface area contributed by atoms with E-state index < -0.39 is 17.6 Å². The Morgan fingerprint density at radius 2 is 2.05 bits per heavy atom. The fourth-order valence-electron chi connectivity index (χ4n) is 2.77. The number of hydrogen-bond donors (Lipinski definition) is 2. The second-order valence-electron chi connectivity index (χ2n) is 5.63. The van der Waals surface area contributed by atoms with Gasteiger partial charge in [0, 0.05) is 30.0 Å². The van der Waals surface area contributed by atoms with Crippen LogP contribution in [0, 0.1) is 25.7 Å². The highest BCUT2D eigenvalue weighted by Gasteiger charge is 2.36. The molecule has 0 bridgehead atoms. The van der Waals surface area contributed by atoms with Crippen molar-refractivity contribution in [2.24, 2.45) is 11.8 Å². The molecule has 2 rings (SSSR count). The van der Waals surface area contributed by atoms with E-state index >= 15 is 0 Å². The first-order valence-electron chi connectivity index (χ1n) is 6.86. The lowest BCUT2D eigenvalue weighted by atomic mass is 9.99. The maximum atomic E-state index is 12.3. The number of H-pyrrole nitrogens is 1. The third kappa shape index (κ3) is 3.12. The second-order valence-corrected chi connectivity index (χ2v) is 5.63. The summed E-state index contributed by atoms with van der Waals surface area (Å²) in [5.41, 5.74) is 1.43. The minimum atomic E-state index is -0.865. The van der Waals surface area contributed by atoms with E-state index in [1.165, 1.54) is 0 Å². The van der Waals surface area contributed by atoms with E-state index in [9.17, 15) is 14.4 Å². The number of nitrogens with one attached hydrogen (secondary N) is 1. The predicted molar refractivity (Wildman–Crippen MR) is 74.9 cm³/mol. The molecule has 0 aliphatic carbocycles. The van der Waals surface area contributed by atoms with Crippen molar-refractivity contribution in [1.29, 1.82) is 0 Å². The van der Waals surface area contributed by atoms with Crippen molar-refractivity contribution >= 4 is 11.9 Å². The number of hydrogen-bond acceptors (Lipinski definition) is 4. The van der Waals surface area contributed by atoms with Gasteiger partial charge in [-0.25, -0.2) is 4.79 Å². The molecular weight excluding hydrogens is 274 g/mol. The van der Waals surface area contributed by atoms with Crippen LogP contribution in [0.5, 0.6) is 0 Å². The van der Waals surface area contributed by atoms with E-state index in [1.807, 2.05) is 6.92 Å². The zero-order valence-electron chi connectivity index (χ0n) is 12.3. The molecular formula is C14H19N3O4. The van der Waals surface area contributed by atoms with Gasteiger partial charge in [0.25, 0.3) is 0 Å². The zero-order valence-corrected chi connectivity index (χ0v) is 12.3. The molecule has 0 aromatic carbocycles. The molecule has 7 heteroatoms. The van der Waals surface area contributed by atoms with Crippen molar-refractivity contribution in [3.8, 4) is 0 Å². The van der Waals surface area contributed by atoms with Crippen LogP contribution in [0.4, 0.5) is 0 Å². The van der Waals surface area contributed by atoms with Crippen molar-refractivity contribution in [2.75, 3.05) is 13.1 Å². The molecule has 2 heterocycles. The third-order valence-corrected chi connectivity index (χ3v) is 4.06. The maximum Gasteiger partial charge on any atom is 0.345 e. The summed E-state index contributed by atoms with van der Waals surface area (Å²) in [7, 11) is 0. The van der Waals surface area contributed by atoms with Crippen LogP contribution in [0.2, 0.25) is 0 Å². The van der Waals surface area contributed by atoms with Crippen LogP contribution in [-0.4, -0.2) is 44.9 Å². The highest BCUT2D eigenvalue weighted by Crippen LogP contribution is 2.24. The lowest BCUT2D eigenvalue weighted by molar-refractivity contribution is -0.142. The Balaban J connectivity index is 2.13. The zero-order chi connectivity index (χ0) is 15.7. The number of amides is 1. The molecule has 1 aromatic rings.